The summed E-state index contributed by atoms with van der Waals surface area (Å²) in [4.78, 5) is 3.78. The Labute approximate surface area is 84.1 Å². The Hall–Kier alpha value is -0.940. The summed E-state index contributed by atoms with van der Waals surface area (Å²) in [5, 5.41) is 0.100. The summed E-state index contributed by atoms with van der Waals surface area (Å²) < 4.78 is 22.3. The van der Waals surface area contributed by atoms with Gasteiger partial charge in [-0.15, -0.1) is 0 Å². The molecule has 0 fully saturated rings. The summed E-state index contributed by atoms with van der Waals surface area (Å²) in [5.41, 5.74) is 6.17. The summed E-state index contributed by atoms with van der Waals surface area (Å²) >= 11 is 0. The lowest BCUT2D eigenvalue weighted by molar-refractivity contribution is 0.598. The van der Waals surface area contributed by atoms with Gasteiger partial charge in [-0.05, 0) is 37.1 Å². The molecular formula is C9H13N2O2S. The molecule has 0 unspecified atom stereocenters. The van der Waals surface area contributed by atoms with E-state index in [2.05, 4.69) is 4.98 Å². The van der Waals surface area contributed by atoms with Crippen LogP contribution in [0.15, 0.2) is 23.4 Å². The highest BCUT2D eigenvalue weighted by Crippen LogP contribution is 2.10. The fourth-order valence-electron chi connectivity index (χ4n) is 1.00. The molecule has 1 rings (SSSR count). The van der Waals surface area contributed by atoms with Gasteiger partial charge < -0.3 is 5.73 Å². The van der Waals surface area contributed by atoms with E-state index in [4.69, 9.17) is 5.73 Å². The van der Waals surface area contributed by atoms with Crippen molar-refractivity contribution in [3.05, 3.63) is 30.3 Å². The molecule has 5 heteroatoms. The SMILES string of the molecule is CS(=O)(=O)c1cc([CH]CCN)ccn1. The zero-order valence-electron chi connectivity index (χ0n) is 7.97. The predicted octanol–water partition coefficient (Wildman–Crippen LogP) is 0.386. The van der Waals surface area contributed by atoms with Crippen LogP contribution < -0.4 is 5.73 Å². The maximum Gasteiger partial charge on any atom is 0.192 e. The average molecular weight is 213 g/mol. The number of nitrogens with zero attached hydrogens (tertiary/aromatic N) is 1. The molecule has 1 aromatic rings. The first-order valence-electron chi connectivity index (χ1n) is 4.23. The van der Waals surface area contributed by atoms with E-state index in [-0.39, 0.29) is 5.03 Å². The monoisotopic (exact) mass is 213 g/mol. The number of pyridine rings is 1. The second-order valence-corrected chi connectivity index (χ2v) is 4.94. The molecule has 77 valence electrons. The van der Waals surface area contributed by atoms with Crippen molar-refractivity contribution in [2.24, 2.45) is 5.73 Å². The predicted molar refractivity (Wildman–Crippen MR) is 54.4 cm³/mol. The first-order chi connectivity index (χ1) is 6.54. The molecule has 0 aliphatic heterocycles. The molecule has 0 atom stereocenters. The van der Waals surface area contributed by atoms with Crippen molar-refractivity contribution in [3.63, 3.8) is 0 Å². The van der Waals surface area contributed by atoms with Gasteiger partial charge in [0.05, 0.1) is 0 Å². The molecule has 0 spiro atoms. The van der Waals surface area contributed by atoms with Crippen LogP contribution in [0.3, 0.4) is 0 Å². The first kappa shape index (κ1) is 11.1. The minimum atomic E-state index is -3.21. The molecule has 1 radical (unpaired) electrons. The van der Waals surface area contributed by atoms with Crippen LogP contribution in [-0.4, -0.2) is 26.2 Å². The highest BCUT2D eigenvalue weighted by atomic mass is 32.2. The molecule has 0 amide bonds. The van der Waals surface area contributed by atoms with Crippen molar-refractivity contribution >= 4 is 9.84 Å². The van der Waals surface area contributed by atoms with Gasteiger partial charge in [-0.1, -0.05) is 0 Å². The van der Waals surface area contributed by atoms with Gasteiger partial charge in [-0.2, -0.15) is 0 Å². The lowest BCUT2D eigenvalue weighted by Gasteiger charge is -2.01. The van der Waals surface area contributed by atoms with Gasteiger partial charge in [-0.25, -0.2) is 13.4 Å². The van der Waals surface area contributed by atoms with E-state index >= 15 is 0 Å². The van der Waals surface area contributed by atoms with Crippen LogP contribution in [0.5, 0.6) is 0 Å². The number of hydrogen-bond acceptors (Lipinski definition) is 4. The normalized spacial score (nSPS) is 11.6. The number of rotatable bonds is 4. The third-order valence-corrected chi connectivity index (χ3v) is 2.67. The van der Waals surface area contributed by atoms with Crippen molar-refractivity contribution in [2.45, 2.75) is 11.4 Å². The molecule has 0 aliphatic rings. The van der Waals surface area contributed by atoms with Crippen LogP contribution in [0.2, 0.25) is 0 Å². The van der Waals surface area contributed by atoms with E-state index in [0.29, 0.717) is 6.54 Å². The fraction of sp³-hybridized carbons (Fsp3) is 0.333. The van der Waals surface area contributed by atoms with E-state index in [1.165, 1.54) is 6.20 Å². The van der Waals surface area contributed by atoms with Crippen LogP contribution in [-0.2, 0) is 9.84 Å². The first-order valence-corrected chi connectivity index (χ1v) is 6.12. The van der Waals surface area contributed by atoms with Crippen molar-refractivity contribution < 1.29 is 8.42 Å². The molecule has 0 saturated heterocycles. The maximum atomic E-state index is 11.2. The standard InChI is InChI=1S/C9H13N2O2S/c1-14(12,13)9-7-8(3-2-5-10)4-6-11-9/h3-4,6-7H,2,5,10H2,1H3. The minimum absolute atomic E-state index is 0.100. The third-order valence-electron chi connectivity index (χ3n) is 1.69. The van der Waals surface area contributed by atoms with Crippen LogP contribution in [0, 0.1) is 6.42 Å². The highest BCUT2D eigenvalue weighted by molar-refractivity contribution is 7.90. The second kappa shape index (κ2) is 4.52. The second-order valence-electron chi connectivity index (χ2n) is 2.98. The van der Waals surface area contributed by atoms with E-state index in [9.17, 15) is 8.42 Å². The lowest BCUT2D eigenvalue weighted by atomic mass is 10.1. The van der Waals surface area contributed by atoms with Gasteiger partial charge in [0.15, 0.2) is 14.9 Å². The Morgan fingerprint density at radius 1 is 1.57 bits per heavy atom. The quantitative estimate of drug-likeness (QED) is 0.785. The largest absolute Gasteiger partial charge is 0.330 e. The maximum absolute atomic E-state index is 11.2. The Kier molecular flexibility index (Phi) is 3.60. The van der Waals surface area contributed by atoms with Crippen LogP contribution in [0.25, 0.3) is 0 Å². The highest BCUT2D eigenvalue weighted by Gasteiger charge is 2.08. The van der Waals surface area contributed by atoms with Crippen molar-refractivity contribution in [1.82, 2.24) is 4.98 Å². The van der Waals surface area contributed by atoms with Gasteiger partial charge >= 0.3 is 0 Å². The topological polar surface area (TPSA) is 73.0 Å². The number of hydrogen-bond donors (Lipinski definition) is 1. The molecule has 0 aliphatic carbocycles. The number of aromatic nitrogens is 1. The Morgan fingerprint density at radius 2 is 2.29 bits per heavy atom. The summed E-state index contributed by atoms with van der Waals surface area (Å²) in [7, 11) is -3.21. The molecule has 1 heterocycles. The third kappa shape index (κ3) is 3.08. The van der Waals surface area contributed by atoms with E-state index < -0.39 is 9.84 Å². The summed E-state index contributed by atoms with van der Waals surface area (Å²) in [6, 6.07) is 3.30. The summed E-state index contributed by atoms with van der Waals surface area (Å²) in [6.45, 7) is 0.552. The van der Waals surface area contributed by atoms with E-state index in [0.717, 1.165) is 18.2 Å². The smallest absolute Gasteiger partial charge is 0.192 e. The summed E-state index contributed by atoms with van der Waals surface area (Å²) in [6.07, 6.45) is 5.24. The Bertz CT molecular complexity index is 401. The zero-order valence-corrected chi connectivity index (χ0v) is 8.79. The van der Waals surface area contributed by atoms with Crippen molar-refractivity contribution in [2.75, 3.05) is 12.8 Å². The molecule has 1 aromatic heterocycles. The van der Waals surface area contributed by atoms with Gasteiger partial charge in [0.2, 0.25) is 0 Å². The van der Waals surface area contributed by atoms with E-state index in [1.807, 2.05) is 6.42 Å². The van der Waals surface area contributed by atoms with Crippen LogP contribution in [0.4, 0.5) is 0 Å². The van der Waals surface area contributed by atoms with Gasteiger partial charge in [-0.3, -0.25) is 0 Å². The molecular weight excluding hydrogens is 200 g/mol. The molecule has 0 bridgehead atoms. The van der Waals surface area contributed by atoms with Gasteiger partial charge in [0.25, 0.3) is 0 Å². The minimum Gasteiger partial charge on any atom is -0.330 e. The lowest BCUT2D eigenvalue weighted by Crippen LogP contribution is -2.02. The molecule has 2 N–H and O–H groups in total. The molecule has 4 nitrogen and oxygen atoms in total. The summed E-state index contributed by atoms with van der Waals surface area (Å²) in [5.74, 6) is 0. The van der Waals surface area contributed by atoms with Gasteiger partial charge in [0, 0.05) is 12.5 Å². The molecule has 0 saturated carbocycles. The fourth-order valence-corrected chi connectivity index (χ4v) is 1.61. The average Bonchev–Trinajstić information content (AvgIpc) is 2.14. The van der Waals surface area contributed by atoms with Crippen molar-refractivity contribution in [1.29, 1.82) is 0 Å². The van der Waals surface area contributed by atoms with Crippen LogP contribution in [0.1, 0.15) is 12.0 Å². The number of sulfone groups is 1. The van der Waals surface area contributed by atoms with Gasteiger partial charge in [0.1, 0.15) is 0 Å². The van der Waals surface area contributed by atoms with Crippen molar-refractivity contribution in [3.8, 4) is 0 Å². The zero-order chi connectivity index (χ0) is 10.6. The number of nitrogens with two attached hydrogens (primary N) is 1. The molecule has 0 aromatic carbocycles. The van der Waals surface area contributed by atoms with Crippen LogP contribution >= 0.6 is 0 Å². The van der Waals surface area contributed by atoms with E-state index in [1.54, 1.807) is 12.1 Å². The molecule has 14 heavy (non-hydrogen) atoms. The Morgan fingerprint density at radius 3 is 2.86 bits per heavy atom. The Balaban J connectivity index is 2.90.